The third-order valence-electron chi connectivity index (χ3n) is 3.68. The van der Waals surface area contributed by atoms with E-state index < -0.39 is 11.5 Å². The summed E-state index contributed by atoms with van der Waals surface area (Å²) in [6.07, 6.45) is 1.42. The van der Waals surface area contributed by atoms with Gasteiger partial charge >= 0.3 is 0 Å². The second-order valence-electron chi connectivity index (χ2n) is 5.34. The van der Waals surface area contributed by atoms with Crippen LogP contribution in [0, 0.1) is 0 Å². The Bertz CT molecular complexity index is 822. The number of carbonyl (C=O) groups excluding carboxylic acids is 1. The molecule has 0 saturated carbocycles. The number of carbonyl (C=O) groups is 1. The SMILES string of the molecule is CCCn1c(=O)c(C(=O)N/N=C(/C)CC)c(O)c2ccccc21. The molecule has 6 nitrogen and oxygen atoms in total. The molecule has 0 spiro atoms. The van der Waals surface area contributed by atoms with Crippen LogP contribution in [-0.4, -0.2) is 21.3 Å². The Hall–Kier alpha value is -2.63. The first-order chi connectivity index (χ1) is 11.0. The molecule has 1 aromatic heterocycles. The maximum absolute atomic E-state index is 12.6. The van der Waals surface area contributed by atoms with E-state index >= 15 is 0 Å². The minimum absolute atomic E-state index is 0.273. The second-order valence-corrected chi connectivity index (χ2v) is 5.34. The Labute approximate surface area is 134 Å². The minimum Gasteiger partial charge on any atom is -0.506 e. The average molecular weight is 315 g/mol. The van der Waals surface area contributed by atoms with Gasteiger partial charge in [0, 0.05) is 17.6 Å². The molecule has 2 rings (SSSR count). The van der Waals surface area contributed by atoms with Gasteiger partial charge in [-0.1, -0.05) is 26.0 Å². The zero-order chi connectivity index (χ0) is 17.0. The third-order valence-corrected chi connectivity index (χ3v) is 3.68. The summed E-state index contributed by atoms with van der Waals surface area (Å²) in [6.45, 7) is 6.10. The Morgan fingerprint density at radius 1 is 1.30 bits per heavy atom. The highest BCUT2D eigenvalue weighted by Gasteiger charge is 2.21. The lowest BCUT2D eigenvalue weighted by atomic mass is 10.1. The highest BCUT2D eigenvalue weighted by molar-refractivity contribution is 6.02. The van der Waals surface area contributed by atoms with Crippen LogP contribution in [0.4, 0.5) is 0 Å². The molecule has 0 aliphatic heterocycles. The van der Waals surface area contributed by atoms with Crippen molar-refractivity contribution in [2.24, 2.45) is 5.10 Å². The molecule has 2 aromatic rings. The van der Waals surface area contributed by atoms with Crippen molar-refractivity contribution in [3.05, 3.63) is 40.2 Å². The summed E-state index contributed by atoms with van der Waals surface area (Å²) in [5.74, 6) is -1.00. The Balaban J connectivity index is 2.64. The summed E-state index contributed by atoms with van der Waals surface area (Å²) < 4.78 is 1.51. The molecule has 2 N–H and O–H groups in total. The van der Waals surface area contributed by atoms with Crippen molar-refractivity contribution in [3.63, 3.8) is 0 Å². The van der Waals surface area contributed by atoms with Crippen LogP contribution in [0.5, 0.6) is 5.75 Å². The van der Waals surface area contributed by atoms with Gasteiger partial charge in [-0.3, -0.25) is 9.59 Å². The standard InChI is InChI=1S/C17H21N3O3/c1-4-10-20-13-9-7-6-8-12(13)15(21)14(17(20)23)16(22)19-18-11(3)5-2/h6-9,21H,4-5,10H2,1-3H3,(H,19,22)/b18-11-. The first-order valence-electron chi connectivity index (χ1n) is 7.69. The number of para-hydroxylation sites is 1. The van der Waals surface area contributed by atoms with E-state index in [4.69, 9.17) is 0 Å². The van der Waals surface area contributed by atoms with Crippen LogP contribution in [0.1, 0.15) is 44.0 Å². The fraction of sp³-hybridized carbons (Fsp3) is 0.353. The molecule has 0 unspecified atom stereocenters. The van der Waals surface area contributed by atoms with E-state index in [0.717, 1.165) is 12.1 Å². The van der Waals surface area contributed by atoms with Gasteiger partial charge in [0.15, 0.2) is 0 Å². The summed E-state index contributed by atoms with van der Waals surface area (Å²) in [7, 11) is 0. The lowest BCUT2D eigenvalue weighted by molar-refractivity contribution is 0.0950. The van der Waals surface area contributed by atoms with Crippen molar-refractivity contribution < 1.29 is 9.90 Å². The van der Waals surface area contributed by atoms with Crippen molar-refractivity contribution in [2.45, 2.75) is 40.2 Å². The van der Waals surface area contributed by atoms with Gasteiger partial charge in [0.1, 0.15) is 11.3 Å². The highest BCUT2D eigenvalue weighted by atomic mass is 16.3. The quantitative estimate of drug-likeness (QED) is 0.657. The van der Waals surface area contributed by atoms with Crippen LogP contribution in [-0.2, 0) is 6.54 Å². The van der Waals surface area contributed by atoms with E-state index in [9.17, 15) is 14.7 Å². The van der Waals surface area contributed by atoms with Crippen LogP contribution >= 0.6 is 0 Å². The van der Waals surface area contributed by atoms with Gasteiger partial charge in [-0.15, -0.1) is 0 Å². The molecule has 0 fully saturated rings. The maximum Gasteiger partial charge on any atom is 0.280 e. The number of rotatable bonds is 5. The van der Waals surface area contributed by atoms with Gasteiger partial charge in [0.25, 0.3) is 11.5 Å². The number of aryl methyl sites for hydroxylation is 1. The van der Waals surface area contributed by atoms with Crippen molar-refractivity contribution >= 4 is 22.5 Å². The number of fused-ring (bicyclic) bond motifs is 1. The van der Waals surface area contributed by atoms with Crippen LogP contribution in [0.15, 0.2) is 34.2 Å². The molecule has 122 valence electrons. The number of benzene rings is 1. The number of aromatic hydroxyl groups is 1. The number of hydrogen-bond acceptors (Lipinski definition) is 4. The molecule has 0 radical (unpaired) electrons. The number of nitrogens with zero attached hydrogens (tertiary/aromatic N) is 2. The number of pyridine rings is 1. The predicted molar refractivity (Wildman–Crippen MR) is 91.0 cm³/mol. The van der Waals surface area contributed by atoms with Crippen LogP contribution in [0.3, 0.4) is 0 Å². The fourth-order valence-electron chi connectivity index (χ4n) is 2.32. The van der Waals surface area contributed by atoms with Gasteiger partial charge in [-0.2, -0.15) is 5.10 Å². The van der Waals surface area contributed by atoms with Crippen LogP contribution < -0.4 is 11.0 Å². The van der Waals surface area contributed by atoms with Crippen LogP contribution in [0.2, 0.25) is 0 Å². The van der Waals surface area contributed by atoms with E-state index in [1.54, 1.807) is 31.2 Å². The lowest BCUT2D eigenvalue weighted by Crippen LogP contribution is -2.32. The van der Waals surface area contributed by atoms with Crippen LogP contribution in [0.25, 0.3) is 10.9 Å². The van der Waals surface area contributed by atoms with Crippen molar-refractivity contribution in [1.82, 2.24) is 9.99 Å². The summed E-state index contributed by atoms with van der Waals surface area (Å²) in [5, 5.41) is 14.8. The van der Waals surface area contributed by atoms with E-state index in [-0.39, 0.29) is 11.3 Å². The normalized spacial score (nSPS) is 11.7. The van der Waals surface area contributed by atoms with E-state index in [0.29, 0.717) is 23.9 Å². The van der Waals surface area contributed by atoms with Gasteiger partial charge < -0.3 is 9.67 Å². The average Bonchev–Trinajstić information content (AvgIpc) is 2.56. The highest BCUT2D eigenvalue weighted by Crippen LogP contribution is 2.26. The first kappa shape index (κ1) is 16.7. The van der Waals surface area contributed by atoms with Gasteiger partial charge in [-0.25, -0.2) is 5.43 Å². The minimum atomic E-state index is -0.698. The summed E-state index contributed by atoms with van der Waals surface area (Å²) in [6, 6.07) is 6.99. The molecular formula is C17H21N3O3. The zero-order valence-corrected chi connectivity index (χ0v) is 13.6. The predicted octanol–water partition coefficient (Wildman–Crippen LogP) is 2.63. The molecule has 0 aliphatic carbocycles. The molecule has 1 aromatic carbocycles. The molecule has 0 atom stereocenters. The number of hydrogen-bond donors (Lipinski definition) is 2. The monoisotopic (exact) mass is 315 g/mol. The number of aromatic nitrogens is 1. The molecule has 1 heterocycles. The van der Waals surface area contributed by atoms with Crippen molar-refractivity contribution in [3.8, 4) is 5.75 Å². The Morgan fingerprint density at radius 2 is 2.00 bits per heavy atom. The zero-order valence-electron chi connectivity index (χ0n) is 13.6. The Morgan fingerprint density at radius 3 is 2.65 bits per heavy atom. The molecule has 6 heteroatoms. The molecule has 0 aliphatic rings. The van der Waals surface area contributed by atoms with Gasteiger partial charge in [0.05, 0.1) is 5.52 Å². The summed E-state index contributed by atoms with van der Waals surface area (Å²) in [4.78, 5) is 25.0. The van der Waals surface area contributed by atoms with E-state index in [1.165, 1.54) is 4.57 Å². The summed E-state index contributed by atoms with van der Waals surface area (Å²) >= 11 is 0. The second kappa shape index (κ2) is 7.09. The summed E-state index contributed by atoms with van der Waals surface area (Å²) in [5.41, 5.74) is 2.90. The van der Waals surface area contributed by atoms with Crippen molar-refractivity contribution in [2.75, 3.05) is 0 Å². The molecule has 1 amide bonds. The first-order valence-corrected chi connectivity index (χ1v) is 7.69. The smallest absolute Gasteiger partial charge is 0.280 e. The maximum atomic E-state index is 12.6. The molecule has 0 bridgehead atoms. The van der Waals surface area contributed by atoms with Gasteiger partial charge in [-0.05, 0) is 31.9 Å². The topological polar surface area (TPSA) is 83.7 Å². The fourth-order valence-corrected chi connectivity index (χ4v) is 2.32. The molecule has 23 heavy (non-hydrogen) atoms. The lowest BCUT2D eigenvalue weighted by Gasteiger charge is -2.13. The molecule has 0 saturated heterocycles. The molecular weight excluding hydrogens is 294 g/mol. The third kappa shape index (κ3) is 3.26. The number of amides is 1. The number of nitrogens with one attached hydrogen (secondary N) is 1. The van der Waals surface area contributed by atoms with E-state index in [2.05, 4.69) is 10.5 Å². The Kier molecular flexibility index (Phi) is 5.16. The van der Waals surface area contributed by atoms with E-state index in [1.807, 2.05) is 13.8 Å². The largest absolute Gasteiger partial charge is 0.506 e. The van der Waals surface area contributed by atoms with Crippen molar-refractivity contribution in [1.29, 1.82) is 0 Å². The number of hydrazone groups is 1. The van der Waals surface area contributed by atoms with Gasteiger partial charge in [0.2, 0.25) is 0 Å².